The monoisotopic (exact) mass is 281 g/mol. The van der Waals surface area contributed by atoms with Crippen LogP contribution >= 0.6 is 11.8 Å². The van der Waals surface area contributed by atoms with Gasteiger partial charge in [0.25, 0.3) is 0 Å². The molecule has 19 heavy (non-hydrogen) atoms. The summed E-state index contributed by atoms with van der Waals surface area (Å²) < 4.78 is 2.08. The van der Waals surface area contributed by atoms with Crippen molar-refractivity contribution in [3.63, 3.8) is 0 Å². The molecule has 2 unspecified atom stereocenters. The van der Waals surface area contributed by atoms with E-state index in [-0.39, 0.29) is 0 Å². The van der Waals surface area contributed by atoms with E-state index in [4.69, 9.17) is 0 Å². The molecule has 2 saturated carbocycles. The topological polar surface area (TPSA) is 55.6 Å². The van der Waals surface area contributed by atoms with Crippen LogP contribution in [0, 0.1) is 0 Å². The van der Waals surface area contributed by atoms with Crippen LogP contribution in [0.4, 0.5) is 0 Å². The molecule has 5 nitrogen and oxygen atoms in total. The fraction of sp³-hybridized carbons (Fsp3) is 0.923. The van der Waals surface area contributed by atoms with E-state index >= 15 is 0 Å². The molecule has 0 aliphatic heterocycles. The predicted octanol–water partition coefficient (Wildman–Crippen LogP) is 2.41. The quantitative estimate of drug-likeness (QED) is 0.918. The summed E-state index contributed by atoms with van der Waals surface area (Å²) in [5, 5.41) is 17.5. The number of hydrogen-bond donors (Lipinski definition) is 1. The van der Waals surface area contributed by atoms with Gasteiger partial charge in [-0.15, -0.1) is 5.10 Å². The molecular formula is C13H23N5S. The second-order valence-corrected chi connectivity index (χ2v) is 6.89. The summed E-state index contributed by atoms with van der Waals surface area (Å²) in [5.41, 5.74) is 0. The van der Waals surface area contributed by atoms with Crippen molar-refractivity contribution in [2.75, 3.05) is 7.05 Å². The predicted molar refractivity (Wildman–Crippen MR) is 76.3 cm³/mol. The third-order valence-electron chi connectivity index (χ3n) is 4.46. The van der Waals surface area contributed by atoms with Crippen LogP contribution in [0.2, 0.25) is 0 Å². The maximum Gasteiger partial charge on any atom is 0.209 e. The second-order valence-electron chi connectivity index (χ2n) is 5.68. The SMILES string of the molecule is CNC1CCCCC1Sc1nnnn1C1CCCC1. The number of aromatic nitrogens is 4. The van der Waals surface area contributed by atoms with Gasteiger partial charge in [-0.1, -0.05) is 37.4 Å². The summed E-state index contributed by atoms with van der Waals surface area (Å²) in [6, 6.07) is 1.14. The van der Waals surface area contributed by atoms with Gasteiger partial charge in [-0.25, -0.2) is 4.68 Å². The molecule has 2 atom stereocenters. The van der Waals surface area contributed by atoms with Gasteiger partial charge >= 0.3 is 0 Å². The molecule has 0 radical (unpaired) electrons. The molecule has 2 aliphatic carbocycles. The standard InChI is InChI=1S/C13H23N5S/c1-14-11-8-4-5-9-12(11)19-13-15-16-17-18(13)10-6-2-3-7-10/h10-12,14H,2-9H2,1H3. The van der Waals surface area contributed by atoms with Crippen LogP contribution in [0.1, 0.15) is 57.4 Å². The van der Waals surface area contributed by atoms with E-state index < -0.39 is 0 Å². The Hall–Kier alpha value is -0.620. The smallest absolute Gasteiger partial charge is 0.209 e. The fourth-order valence-corrected chi connectivity index (χ4v) is 4.71. The molecule has 106 valence electrons. The van der Waals surface area contributed by atoms with E-state index in [2.05, 4.69) is 32.6 Å². The van der Waals surface area contributed by atoms with Crippen molar-refractivity contribution in [1.29, 1.82) is 0 Å². The highest BCUT2D eigenvalue weighted by Gasteiger charge is 2.28. The Balaban J connectivity index is 1.70. The van der Waals surface area contributed by atoms with Gasteiger partial charge in [-0.2, -0.15) is 0 Å². The second kappa shape index (κ2) is 6.22. The highest BCUT2D eigenvalue weighted by molar-refractivity contribution is 7.99. The van der Waals surface area contributed by atoms with E-state index in [0.717, 1.165) is 5.16 Å². The van der Waals surface area contributed by atoms with Gasteiger partial charge < -0.3 is 5.32 Å². The highest BCUT2D eigenvalue weighted by atomic mass is 32.2. The number of tetrazole rings is 1. The minimum absolute atomic E-state index is 0.536. The maximum atomic E-state index is 4.26. The number of nitrogens with zero attached hydrogens (tertiary/aromatic N) is 4. The van der Waals surface area contributed by atoms with Gasteiger partial charge in [-0.3, -0.25) is 0 Å². The molecule has 2 fully saturated rings. The molecule has 3 rings (SSSR count). The van der Waals surface area contributed by atoms with Crippen molar-refractivity contribution in [1.82, 2.24) is 25.5 Å². The van der Waals surface area contributed by atoms with E-state index in [9.17, 15) is 0 Å². The first kappa shape index (κ1) is 13.4. The molecule has 0 bridgehead atoms. The molecule has 0 saturated heterocycles. The molecule has 1 aromatic heterocycles. The molecule has 0 spiro atoms. The van der Waals surface area contributed by atoms with Gasteiger partial charge in [-0.05, 0) is 43.2 Å². The van der Waals surface area contributed by atoms with Crippen molar-refractivity contribution in [3.05, 3.63) is 0 Å². The van der Waals surface area contributed by atoms with Gasteiger partial charge in [0, 0.05) is 11.3 Å². The third-order valence-corrected chi connectivity index (χ3v) is 5.81. The van der Waals surface area contributed by atoms with Crippen molar-refractivity contribution in [2.45, 2.75) is 73.9 Å². The Morgan fingerprint density at radius 3 is 2.63 bits per heavy atom. The highest BCUT2D eigenvalue weighted by Crippen LogP contribution is 2.36. The molecule has 0 aromatic carbocycles. The molecule has 2 aliphatic rings. The summed E-state index contributed by atoms with van der Waals surface area (Å²) in [5.74, 6) is 0. The minimum Gasteiger partial charge on any atom is -0.316 e. The summed E-state index contributed by atoms with van der Waals surface area (Å²) in [6.45, 7) is 0. The Kier molecular flexibility index (Phi) is 4.38. The summed E-state index contributed by atoms with van der Waals surface area (Å²) in [4.78, 5) is 0. The molecule has 6 heteroatoms. The summed E-state index contributed by atoms with van der Waals surface area (Å²) in [7, 11) is 2.07. The lowest BCUT2D eigenvalue weighted by atomic mass is 9.95. The van der Waals surface area contributed by atoms with Crippen LogP contribution in [0.3, 0.4) is 0 Å². The van der Waals surface area contributed by atoms with Crippen molar-refractivity contribution in [3.8, 4) is 0 Å². The molecule has 1 N–H and O–H groups in total. The summed E-state index contributed by atoms with van der Waals surface area (Å²) in [6.07, 6.45) is 10.3. The molecular weight excluding hydrogens is 258 g/mol. The lowest BCUT2D eigenvalue weighted by Crippen LogP contribution is -2.38. The molecule has 1 heterocycles. The van der Waals surface area contributed by atoms with Crippen LogP contribution in [-0.4, -0.2) is 38.5 Å². The van der Waals surface area contributed by atoms with Crippen LogP contribution in [-0.2, 0) is 0 Å². The zero-order chi connectivity index (χ0) is 13.1. The molecule has 1 aromatic rings. The Bertz CT molecular complexity index is 401. The number of nitrogens with one attached hydrogen (secondary N) is 1. The van der Waals surface area contributed by atoms with Crippen LogP contribution in [0.15, 0.2) is 5.16 Å². The number of thioether (sulfide) groups is 1. The van der Waals surface area contributed by atoms with Gasteiger partial charge in [0.15, 0.2) is 0 Å². The van der Waals surface area contributed by atoms with Crippen LogP contribution in [0.25, 0.3) is 0 Å². The van der Waals surface area contributed by atoms with Crippen LogP contribution in [0.5, 0.6) is 0 Å². The van der Waals surface area contributed by atoms with Gasteiger partial charge in [0.2, 0.25) is 5.16 Å². The average Bonchev–Trinajstić information content (AvgIpc) is 3.09. The van der Waals surface area contributed by atoms with Crippen molar-refractivity contribution < 1.29 is 0 Å². The first-order valence-electron chi connectivity index (χ1n) is 7.50. The minimum atomic E-state index is 0.536. The normalized spacial score (nSPS) is 28.9. The fourth-order valence-electron chi connectivity index (χ4n) is 3.34. The Labute approximate surface area is 118 Å². The Morgan fingerprint density at radius 2 is 1.84 bits per heavy atom. The number of hydrogen-bond acceptors (Lipinski definition) is 5. The lowest BCUT2D eigenvalue weighted by molar-refractivity contribution is 0.399. The van der Waals surface area contributed by atoms with Crippen molar-refractivity contribution >= 4 is 11.8 Å². The summed E-state index contributed by atoms with van der Waals surface area (Å²) >= 11 is 1.88. The third kappa shape index (κ3) is 2.94. The first-order valence-corrected chi connectivity index (χ1v) is 8.38. The lowest BCUT2D eigenvalue weighted by Gasteiger charge is -2.30. The first-order chi connectivity index (χ1) is 9.38. The van der Waals surface area contributed by atoms with Gasteiger partial charge in [0.1, 0.15) is 0 Å². The largest absolute Gasteiger partial charge is 0.316 e. The Morgan fingerprint density at radius 1 is 1.11 bits per heavy atom. The van der Waals surface area contributed by atoms with E-state index in [0.29, 0.717) is 17.3 Å². The van der Waals surface area contributed by atoms with Crippen LogP contribution < -0.4 is 5.32 Å². The van der Waals surface area contributed by atoms with E-state index in [1.165, 1.54) is 51.4 Å². The van der Waals surface area contributed by atoms with Crippen molar-refractivity contribution in [2.24, 2.45) is 0 Å². The average molecular weight is 281 g/mol. The molecule has 0 amide bonds. The van der Waals surface area contributed by atoms with E-state index in [1.54, 1.807) is 0 Å². The zero-order valence-corrected chi connectivity index (χ0v) is 12.4. The number of rotatable bonds is 4. The van der Waals surface area contributed by atoms with E-state index in [1.807, 2.05) is 11.8 Å². The zero-order valence-electron chi connectivity index (χ0n) is 11.6. The van der Waals surface area contributed by atoms with Gasteiger partial charge in [0.05, 0.1) is 6.04 Å². The maximum absolute atomic E-state index is 4.26.